The van der Waals surface area contributed by atoms with Gasteiger partial charge < -0.3 is 15.5 Å². The summed E-state index contributed by atoms with van der Waals surface area (Å²) in [6.07, 6.45) is 0. The van der Waals surface area contributed by atoms with E-state index >= 15 is 0 Å². The number of halogens is 1. The molecule has 0 aliphatic heterocycles. The smallest absolute Gasteiger partial charge is 0.300 e. The van der Waals surface area contributed by atoms with Gasteiger partial charge in [-0.1, -0.05) is 0 Å². The van der Waals surface area contributed by atoms with Gasteiger partial charge in [0.2, 0.25) is 0 Å². The van der Waals surface area contributed by atoms with Crippen molar-refractivity contribution in [3.8, 4) is 11.8 Å². The van der Waals surface area contributed by atoms with Crippen molar-refractivity contribution < 1.29 is 9.13 Å². The third-order valence-electron chi connectivity index (χ3n) is 2.51. The van der Waals surface area contributed by atoms with Crippen LogP contribution in [0.1, 0.15) is 0 Å². The number of imidazole rings is 1. The molecule has 0 saturated carbocycles. The predicted octanol–water partition coefficient (Wildman–Crippen LogP) is 3.08. The van der Waals surface area contributed by atoms with E-state index < -0.39 is 0 Å². The highest BCUT2D eigenvalue weighted by molar-refractivity contribution is 5.79. The summed E-state index contributed by atoms with van der Waals surface area (Å²) in [6, 6.07) is 11.4. The second kappa shape index (κ2) is 4.03. The highest BCUT2D eigenvalue weighted by Gasteiger charge is 2.05. The summed E-state index contributed by atoms with van der Waals surface area (Å²) in [4.78, 5) is 7.24. The van der Waals surface area contributed by atoms with E-state index in [4.69, 9.17) is 10.5 Å². The van der Waals surface area contributed by atoms with E-state index in [1.165, 1.54) is 24.3 Å². The Kier molecular flexibility index (Phi) is 2.37. The van der Waals surface area contributed by atoms with Crippen molar-refractivity contribution in [2.24, 2.45) is 0 Å². The Morgan fingerprint density at radius 3 is 2.67 bits per heavy atom. The normalized spacial score (nSPS) is 10.7. The van der Waals surface area contributed by atoms with Gasteiger partial charge in [-0.25, -0.2) is 4.39 Å². The van der Waals surface area contributed by atoms with Crippen LogP contribution in [-0.4, -0.2) is 9.97 Å². The first-order valence-corrected chi connectivity index (χ1v) is 5.39. The number of hydrogen-bond donors (Lipinski definition) is 2. The lowest BCUT2D eigenvalue weighted by atomic mass is 10.3. The van der Waals surface area contributed by atoms with Crippen molar-refractivity contribution in [1.82, 2.24) is 9.97 Å². The third-order valence-corrected chi connectivity index (χ3v) is 2.51. The number of ether oxygens (including phenoxy) is 1. The number of benzene rings is 2. The van der Waals surface area contributed by atoms with Gasteiger partial charge in [0.1, 0.15) is 11.6 Å². The fraction of sp³-hybridized carbons (Fsp3) is 0. The number of nitrogens with one attached hydrogen (secondary N) is 1. The van der Waals surface area contributed by atoms with Gasteiger partial charge in [0.25, 0.3) is 6.01 Å². The summed E-state index contributed by atoms with van der Waals surface area (Å²) >= 11 is 0. The SMILES string of the molecule is Nc1ccc2nc(Oc3ccc(F)cc3)[nH]c2c1. The van der Waals surface area contributed by atoms with Crippen LogP contribution in [0.4, 0.5) is 10.1 Å². The summed E-state index contributed by atoms with van der Waals surface area (Å²) < 4.78 is 18.2. The number of aromatic amines is 1. The van der Waals surface area contributed by atoms with Crippen LogP contribution in [0.5, 0.6) is 11.8 Å². The molecule has 3 rings (SSSR count). The van der Waals surface area contributed by atoms with E-state index in [9.17, 15) is 4.39 Å². The van der Waals surface area contributed by atoms with Crippen LogP contribution in [0.3, 0.4) is 0 Å². The fourth-order valence-corrected chi connectivity index (χ4v) is 1.67. The van der Waals surface area contributed by atoms with Crippen molar-refractivity contribution in [2.45, 2.75) is 0 Å². The summed E-state index contributed by atoms with van der Waals surface area (Å²) in [5.41, 5.74) is 7.89. The molecule has 90 valence electrons. The molecule has 0 aliphatic carbocycles. The highest BCUT2D eigenvalue weighted by Crippen LogP contribution is 2.23. The summed E-state index contributed by atoms with van der Waals surface area (Å²) in [7, 11) is 0. The molecule has 0 amide bonds. The lowest BCUT2D eigenvalue weighted by molar-refractivity contribution is 0.448. The molecule has 0 bridgehead atoms. The van der Waals surface area contributed by atoms with Gasteiger partial charge in [-0.2, -0.15) is 4.98 Å². The first-order chi connectivity index (χ1) is 8.70. The van der Waals surface area contributed by atoms with Gasteiger partial charge in [-0.3, -0.25) is 0 Å². The average Bonchev–Trinajstić information content (AvgIpc) is 2.73. The van der Waals surface area contributed by atoms with Gasteiger partial charge in [-0.05, 0) is 42.5 Å². The van der Waals surface area contributed by atoms with Crippen LogP contribution in [-0.2, 0) is 0 Å². The van der Waals surface area contributed by atoms with Crippen molar-refractivity contribution in [1.29, 1.82) is 0 Å². The molecule has 5 heteroatoms. The quantitative estimate of drug-likeness (QED) is 0.680. The Bertz CT molecular complexity index is 691. The molecule has 2 aromatic carbocycles. The zero-order valence-electron chi connectivity index (χ0n) is 9.35. The van der Waals surface area contributed by atoms with Gasteiger partial charge in [0, 0.05) is 5.69 Å². The van der Waals surface area contributed by atoms with Crippen molar-refractivity contribution in [2.75, 3.05) is 5.73 Å². The van der Waals surface area contributed by atoms with E-state index in [0.717, 1.165) is 11.0 Å². The minimum absolute atomic E-state index is 0.306. The molecular weight excluding hydrogens is 233 g/mol. The largest absolute Gasteiger partial charge is 0.426 e. The number of anilines is 1. The van der Waals surface area contributed by atoms with Crippen LogP contribution in [0.25, 0.3) is 11.0 Å². The standard InChI is InChI=1S/C13H10FN3O/c14-8-1-4-10(5-2-8)18-13-16-11-6-3-9(15)7-12(11)17-13/h1-7H,15H2,(H,16,17). The molecule has 18 heavy (non-hydrogen) atoms. The van der Waals surface area contributed by atoms with Gasteiger partial charge in [-0.15, -0.1) is 0 Å². The molecule has 1 aromatic heterocycles. The fourth-order valence-electron chi connectivity index (χ4n) is 1.67. The molecule has 1 heterocycles. The van der Waals surface area contributed by atoms with Crippen LogP contribution in [0.15, 0.2) is 42.5 Å². The monoisotopic (exact) mass is 243 g/mol. The number of fused-ring (bicyclic) bond motifs is 1. The second-order valence-corrected chi connectivity index (χ2v) is 3.87. The Hall–Kier alpha value is -2.56. The maximum absolute atomic E-state index is 12.7. The Morgan fingerprint density at radius 2 is 1.89 bits per heavy atom. The minimum Gasteiger partial charge on any atom is -0.426 e. The lowest BCUT2D eigenvalue weighted by Crippen LogP contribution is -1.85. The number of H-pyrrole nitrogens is 1. The zero-order valence-corrected chi connectivity index (χ0v) is 9.35. The first kappa shape index (κ1) is 10.6. The number of hydrogen-bond acceptors (Lipinski definition) is 3. The van der Waals surface area contributed by atoms with Crippen molar-refractivity contribution in [3.05, 3.63) is 48.3 Å². The van der Waals surface area contributed by atoms with Gasteiger partial charge >= 0.3 is 0 Å². The molecule has 0 saturated heterocycles. The molecule has 0 fully saturated rings. The Balaban J connectivity index is 1.92. The summed E-state index contributed by atoms with van der Waals surface area (Å²) in [5.74, 6) is 0.211. The molecule has 0 spiro atoms. The zero-order chi connectivity index (χ0) is 12.5. The van der Waals surface area contributed by atoms with Crippen molar-refractivity contribution in [3.63, 3.8) is 0 Å². The molecule has 4 nitrogen and oxygen atoms in total. The van der Waals surface area contributed by atoms with E-state index in [1.54, 1.807) is 18.2 Å². The highest BCUT2D eigenvalue weighted by atomic mass is 19.1. The van der Waals surface area contributed by atoms with E-state index in [-0.39, 0.29) is 5.82 Å². The molecule has 0 radical (unpaired) electrons. The van der Waals surface area contributed by atoms with Crippen LogP contribution in [0, 0.1) is 5.82 Å². The summed E-state index contributed by atoms with van der Waals surface area (Å²) in [6.45, 7) is 0. The maximum atomic E-state index is 12.7. The molecular formula is C13H10FN3O. The number of nitrogens with two attached hydrogens (primary N) is 1. The summed E-state index contributed by atoms with van der Waals surface area (Å²) in [5, 5.41) is 0. The van der Waals surface area contributed by atoms with Crippen LogP contribution < -0.4 is 10.5 Å². The molecule has 3 N–H and O–H groups in total. The third kappa shape index (κ3) is 1.98. The van der Waals surface area contributed by atoms with Crippen LogP contribution >= 0.6 is 0 Å². The van der Waals surface area contributed by atoms with Crippen LogP contribution in [0.2, 0.25) is 0 Å². The number of nitrogens with zero attached hydrogens (tertiary/aromatic N) is 1. The minimum atomic E-state index is -0.306. The lowest BCUT2D eigenvalue weighted by Gasteiger charge is -2.00. The van der Waals surface area contributed by atoms with E-state index in [1.807, 2.05) is 0 Å². The number of nitrogen functional groups attached to an aromatic ring is 1. The molecule has 0 aliphatic rings. The second-order valence-electron chi connectivity index (χ2n) is 3.87. The predicted molar refractivity (Wildman–Crippen MR) is 67.0 cm³/mol. The topological polar surface area (TPSA) is 63.9 Å². The van der Waals surface area contributed by atoms with Gasteiger partial charge in [0.15, 0.2) is 0 Å². The molecule has 0 unspecified atom stereocenters. The van der Waals surface area contributed by atoms with E-state index in [0.29, 0.717) is 17.4 Å². The number of aromatic nitrogens is 2. The van der Waals surface area contributed by atoms with E-state index in [2.05, 4.69) is 9.97 Å². The Labute approximate surface area is 102 Å². The molecule has 3 aromatic rings. The van der Waals surface area contributed by atoms with Crippen molar-refractivity contribution >= 4 is 16.7 Å². The molecule has 0 atom stereocenters. The van der Waals surface area contributed by atoms with Gasteiger partial charge in [0.05, 0.1) is 11.0 Å². The number of rotatable bonds is 2. The average molecular weight is 243 g/mol. The maximum Gasteiger partial charge on any atom is 0.300 e. The Morgan fingerprint density at radius 1 is 1.11 bits per heavy atom. The first-order valence-electron chi connectivity index (χ1n) is 5.39.